The third-order valence-corrected chi connectivity index (χ3v) is 3.51. The van der Waals surface area contributed by atoms with Crippen molar-refractivity contribution in [2.75, 3.05) is 11.5 Å². The lowest BCUT2D eigenvalue weighted by molar-refractivity contribution is 0.379. The summed E-state index contributed by atoms with van der Waals surface area (Å²) < 4.78 is 10.4. The highest BCUT2D eigenvalue weighted by Crippen LogP contribution is 2.33. The molecule has 0 aliphatic rings. The number of furan rings is 1. The van der Waals surface area contributed by atoms with Crippen LogP contribution in [0, 0.1) is 0 Å². The van der Waals surface area contributed by atoms with Crippen LogP contribution in [0.3, 0.4) is 0 Å². The average molecular weight is 304 g/mol. The van der Waals surface area contributed by atoms with Crippen LogP contribution < -0.4 is 11.5 Å². The number of hydrogen-bond donors (Lipinski definition) is 2. The number of nitrogens with two attached hydrogens (primary N) is 2. The average Bonchev–Trinajstić information content (AvgIpc) is 3.09. The molecule has 4 N–H and O–H groups in total. The molecular weight excluding hydrogens is 292 g/mol. The molecule has 0 amide bonds. The van der Waals surface area contributed by atoms with E-state index in [4.69, 9.17) is 20.4 Å². The van der Waals surface area contributed by atoms with Crippen LogP contribution in [0.4, 0.5) is 11.6 Å². The summed E-state index contributed by atoms with van der Waals surface area (Å²) in [6.07, 6.45) is 1.55. The van der Waals surface area contributed by atoms with Crippen molar-refractivity contribution in [2.24, 2.45) is 0 Å². The molecular formula is C12H12N6O2S. The Morgan fingerprint density at radius 2 is 1.95 bits per heavy atom. The van der Waals surface area contributed by atoms with Crippen molar-refractivity contribution in [3.63, 3.8) is 0 Å². The number of hydrogen-bond acceptors (Lipinski definition) is 9. The lowest BCUT2D eigenvalue weighted by atomic mass is 10.4. The van der Waals surface area contributed by atoms with Gasteiger partial charge in [0.15, 0.2) is 10.9 Å². The molecule has 3 aromatic rings. The topological polar surface area (TPSA) is 130 Å². The van der Waals surface area contributed by atoms with Gasteiger partial charge in [0.2, 0.25) is 11.7 Å². The maximum Gasteiger partial charge on any atom is 0.240 e. The standard InChI is InChI=1S/C12H12N6O2S/c1-6(21-12-15-8(13)5-9(14)16-12)11-17-10(18-20-11)7-3-2-4-19-7/h2-6H,1H3,(H4,13,14,15,16). The van der Waals surface area contributed by atoms with Crippen molar-refractivity contribution >= 4 is 23.4 Å². The van der Waals surface area contributed by atoms with Crippen LogP contribution in [-0.2, 0) is 0 Å². The van der Waals surface area contributed by atoms with E-state index >= 15 is 0 Å². The van der Waals surface area contributed by atoms with Crippen LogP contribution in [0.5, 0.6) is 0 Å². The van der Waals surface area contributed by atoms with Crippen molar-refractivity contribution in [1.82, 2.24) is 20.1 Å². The number of nitrogens with zero attached hydrogens (tertiary/aromatic N) is 4. The van der Waals surface area contributed by atoms with Gasteiger partial charge in [0.05, 0.1) is 11.5 Å². The molecule has 108 valence electrons. The molecule has 21 heavy (non-hydrogen) atoms. The molecule has 0 fully saturated rings. The normalized spacial score (nSPS) is 12.4. The van der Waals surface area contributed by atoms with Gasteiger partial charge < -0.3 is 20.4 Å². The van der Waals surface area contributed by atoms with Crippen molar-refractivity contribution in [3.8, 4) is 11.6 Å². The molecule has 3 aromatic heterocycles. The summed E-state index contributed by atoms with van der Waals surface area (Å²) >= 11 is 1.33. The zero-order valence-corrected chi connectivity index (χ0v) is 11.9. The molecule has 0 aliphatic carbocycles. The number of rotatable bonds is 4. The van der Waals surface area contributed by atoms with Gasteiger partial charge >= 0.3 is 0 Å². The van der Waals surface area contributed by atoms with E-state index in [-0.39, 0.29) is 5.25 Å². The Balaban J connectivity index is 1.77. The van der Waals surface area contributed by atoms with Gasteiger partial charge in [-0.15, -0.1) is 0 Å². The summed E-state index contributed by atoms with van der Waals surface area (Å²) in [6, 6.07) is 5.01. The van der Waals surface area contributed by atoms with Gasteiger partial charge in [-0.1, -0.05) is 16.9 Å². The van der Waals surface area contributed by atoms with E-state index in [0.29, 0.717) is 34.3 Å². The summed E-state index contributed by atoms with van der Waals surface area (Å²) in [4.78, 5) is 12.5. The number of anilines is 2. The second kappa shape index (κ2) is 5.44. The summed E-state index contributed by atoms with van der Waals surface area (Å²) in [7, 11) is 0. The fraction of sp³-hybridized carbons (Fsp3) is 0.167. The van der Waals surface area contributed by atoms with E-state index in [1.54, 1.807) is 18.4 Å². The molecule has 3 rings (SSSR count). The number of aromatic nitrogens is 4. The summed E-state index contributed by atoms with van der Waals surface area (Å²) in [5, 5.41) is 4.18. The first-order valence-corrected chi connectivity index (χ1v) is 6.94. The van der Waals surface area contributed by atoms with Crippen LogP contribution in [0.15, 0.2) is 38.6 Å². The molecule has 0 spiro atoms. The Kier molecular flexibility index (Phi) is 3.48. The smallest absolute Gasteiger partial charge is 0.240 e. The van der Waals surface area contributed by atoms with Gasteiger partial charge in [0.25, 0.3) is 0 Å². The molecule has 1 unspecified atom stereocenters. The quantitative estimate of drug-likeness (QED) is 0.549. The first kappa shape index (κ1) is 13.4. The van der Waals surface area contributed by atoms with Gasteiger partial charge in [0, 0.05) is 6.07 Å². The van der Waals surface area contributed by atoms with Crippen molar-refractivity contribution < 1.29 is 8.94 Å². The molecule has 9 heteroatoms. The first-order valence-electron chi connectivity index (χ1n) is 6.06. The molecule has 8 nitrogen and oxygen atoms in total. The van der Waals surface area contributed by atoms with E-state index in [1.807, 2.05) is 6.92 Å². The summed E-state index contributed by atoms with van der Waals surface area (Å²) in [6.45, 7) is 1.90. The molecule has 3 heterocycles. The highest BCUT2D eigenvalue weighted by molar-refractivity contribution is 7.99. The zero-order valence-electron chi connectivity index (χ0n) is 11.1. The Bertz CT molecular complexity index is 722. The second-order valence-corrected chi connectivity index (χ2v) is 5.50. The van der Waals surface area contributed by atoms with Crippen LogP contribution in [0.1, 0.15) is 18.1 Å². The Morgan fingerprint density at radius 3 is 2.62 bits per heavy atom. The van der Waals surface area contributed by atoms with Crippen LogP contribution in [0.2, 0.25) is 0 Å². The largest absolute Gasteiger partial charge is 0.461 e. The van der Waals surface area contributed by atoms with Gasteiger partial charge in [-0.3, -0.25) is 0 Å². The minimum absolute atomic E-state index is 0.151. The third-order valence-electron chi connectivity index (χ3n) is 2.56. The Morgan fingerprint density at radius 1 is 1.19 bits per heavy atom. The molecule has 0 saturated heterocycles. The fourth-order valence-electron chi connectivity index (χ4n) is 1.63. The fourth-order valence-corrected chi connectivity index (χ4v) is 2.46. The van der Waals surface area contributed by atoms with E-state index in [0.717, 1.165) is 0 Å². The SMILES string of the molecule is CC(Sc1nc(N)cc(N)n1)c1nc(-c2ccco2)no1. The minimum atomic E-state index is -0.151. The van der Waals surface area contributed by atoms with E-state index in [1.165, 1.54) is 17.8 Å². The third kappa shape index (κ3) is 2.97. The minimum Gasteiger partial charge on any atom is -0.461 e. The summed E-state index contributed by atoms with van der Waals surface area (Å²) in [5.74, 6) is 2.02. The van der Waals surface area contributed by atoms with Crippen LogP contribution >= 0.6 is 11.8 Å². The van der Waals surface area contributed by atoms with Crippen molar-refractivity contribution in [1.29, 1.82) is 0 Å². The Hall–Kier alpha value is -2.55. The molecule has 0 radical (unpaired) electrons. The first-order chi connectivity index (χ1) is 10.1. The predicted octanol–water partition coefficient (Wildman–Crippen LogP) is 2.14. The molecule has 0 bridgehead atoms. The molecule has 0 aromatic carbocycles. The van der Waals surface area contributed by atoms with E-state index in [2.05, 4.69) is 20.1 Å². The van der Waals surface area contributed by atoms with Gasteiger partial charge in [-0.2, -0.15) is 4.98 Å². The second-order valence-electron chi connectivity index (χ2n) is 4.19. The zero-order chi connectivity index (χ0) is 14.8. The molecule has 0 saturated carbocycles. The van der Waals surface area contributed by atoms with Crippen LogP contribution in [0.25, 0.3) is 11.6 Å². The summed E-state index contributed by atoms with van der Waals surface area (Å²) in [5.41, 5.74) is 11.3. The lowest BCUT2D eigenvalue weighted by Gasteiger charge is -2.05. The monoisotopic (exact) mass is 304 g/mol. The van der Waals surface area contributed by atoms with Gasteiger partial charge in [0.1, 0.15) is 11.6 Å². The van der Waals surface area contributed by atoms with E-state index in [9.17, 15) is 0 Å². The maximum absolute atomic E-state index is 5.63. The van der Waals surface area contributed by atoms with Crippen molar-refractivity contribution in [2.45, 2.75) is 17.3 Å². The Labute approximate surface area is 123 Å². The highest BCUT2D eigenvalue weighted by Gasteiger charge is 2.19. The van der Waals surface area contributed by atoms with Crippen molar-refractivity contribution in [3.05, 3.63) is 30.4 Å². The lowest BCUT2D eigenvalue weighted by Crippen LogP contribution is -2.00. The van der Waals surface area contributed by atoms with Gasteiger partial charge in [-0.25, -0.2) is 9.97 Å². The van der Waals surface area contributed by atoms with Crippen LogP contribution in [-0.4, -0.2) is 20.1 Å². The highest BCUT2D eigenvalue weighted by atomic mass is 32.2. The molecule has 0 aliphatic heterocycles. The predicted molar refractivity (Wildman–Crippen MR) is 77.1 cm³/mol. The number of nitrogen functional groups attached to an aromatic ring is 2. The maximum atomic E-state index is 5.63. The number of thioether (sulfide) groups is 1. The van der Waals surface area contributed by atoms with E-state index < -0.39 is 0 Å². The molecule has 1 atom stereocenters. The van der Waals surface area contributed by atoms with Gasteiger partial charge in [-0.05, 0) is 19.1 Å².